The molecule has 1 aromatic heterocycles. The summed E-state index contributed by atoms with van der Waals surface area (Å²) in [6.45, 7) is 1.08. The number of hydrogen-bond acceptors (Lipinski definition) is 8. The van der Waals surface area contributed by atoms with Gasteiger partial charge in [-0.3, -0.25) is 0 Å². The fourth-order valence-corrected chi connectivity index (χ4v) is 8.11. The molecule has 0 aliphatic carbocycles. The van der Waals surface area contributed by atoms with E-state index in [0.717, 1.165) is 43.7 Å². The van der Waals surface area contributed by atoms with Crippen LogP contribution in [-0.2, 0) is 26.7 Å². The number of alkyl halides is 6. The standard InChI is InChI=1S/C48H42N2O2.2CHF3O3S/c1-51-42-20-18-36-27-33(12-15-38(36)31-42)10-11-35-22-26-50-25-6-8-44-40(17-14-34-13-16-39-32-43(52-2)21-19-37(39)28-34)30-41-7-5-24-49-23-4-3-9-45(49)47(41)48(44)46(50)29-35;2*2-1(3,4)8(5,6)7/h6,8,10-23,25-32H,3-5,7,9,24H2,1-2H3;2*(H,5,6,7)/q+2;;/p-2/b11-10+,17-14+;;. The van der Waals surface area contributed by atoms with Gasteiger partial charge in [0.15, 0.2) is 38.3 Å². The average molecular weight is 977 g/mol. The summed E-state index contributed by atoms with van der Waals surface area (Å²) < 4.78 is 134. The minimum atomic E-state index is -6.09. The van der Waals surface area contributed by atoms with Gasteiger partial charge in [-0.25, -0.2) is 21.4 Å². The van der Waals surface area contributed by atoms with Crippen LogP contribution < -0.4 is 18.9 Å². The largest absolute Gasteiger partial charge is 0.741 e. The van der Waals surface area contributed by atoms with Crippen molar-refractivity contribution in [2.24, 2.45) is 0 Å². The van der Waals surface area contributed by atoms with Gasteiger partial charge in [0.25, 0.3) is 0 Å². The normalized spacial score (nSPS) is 14.8. The first-order chi connectivity index (χ1) is 32.1. The molecule has 354 valence electrons. The van der Waals surface area contributed by atoms with E-state index in [0.29, 0.717) is 0 Å². The number of methoxy groups -OCH3 is 2. The molecule has 0 amide bonds. The molecule has 18 heteroatoms. The van der Waals surface area contributed by atoms with Gasteiger partial charge in [-0.15, -0.1) is 0 Å². The summed E-state index contributed by atoms with van der Waals surface area (Å²) >= 11 is 0. The number of benzene rings is 5. The van der Waals surface area contributed by atoms with Crippen molar-refractivity contribution in [3.63, 3.8) is 0 Å². The molecule has 4 heterocycles. The number of aromatic nitrogens is 1. The SMILES string of the molecule is COc1ccc2cc(/C=C/c3cc[n+]4c(c3)=c3c(c(/C=C/c5ccc6cc(OC)ccc6c5)cc5c3=C3CCCC=[N+]3CCC5)C=CC=4)ccc2c1.O=S(=O)([O-])C(F)(F)F.O=S(=O)([O-])C(F)(F)F. The highest BCUT2D eigenvalue weighted by Crippen LogP contribution is 2.28. The minimum Gasteiger partial charge on any atom is -0.741 e. The van der Waals surface area contributed by atoms with Crippen molar-refractivity contribution in [3.05, 3.63) is 159 Å². The predicted octanol–water partition coefficient (Wildman–Crippen LogP) is 9.39. The fraction of sp³-hybridized carbons (Fsp3) is 0.200. The third-order valence-corrected chi connectivity index (χ3v) is 12.5. The van der Waals surface area contributed by atoms with Crippen molar-refractivity contribution < 1.29 is 70.6 Å². The number of fused-ring (bicyclic) bond motifs is 7. The topological polar surface area (TPSA) is 142 Å². The van der Waals surface area contributed by atoms with Crippen LogP contribution in [0.3, 0.4) is 0 Å². The molecular formula is C50H42F6N2O8S2. The lowest BCUT2D eigenvalue weighted by Gasteiger charge is -2.12. The average Bonchev–Trinajstić information content (AvgIpc) is 3.60. The molecule has 68 heavy (non-hydrogen) atoms. The molecule has 10 nitrogen and oxygen atoms in total. The Morgan fingerprint density at radius 1 is 0.618 bits per heavy atom. The second kappa shape index (κ2) is 19.9. The van der Waals surface area contributed by atoms with Crippen LogP contribution in [0.5, 0.6) is 11.5 Å². The summed E-state index contributed by atoms with van der Waals surface area (Å²) in [4.78, 5) is 0. The van der Waals surface area contributed by atoms with Crippen LogP contribution in [0.4, 0.5) is 26.3 Å². The van der Waals surface area contributed by atoms with Gasteiger partial charge in [0.1, 0.15) is 24.3 Å². The van der Waals surface area contributed by atoms with Crippen LogP contribution in [0.25, 0.3) is 57.6 Å². The smallest absolute Gasteiger partial charge is 0.485 e. The molecule has 3 aliphatic heterocycles. The van der Waals surface area contributed by atoms with Gasteiger partial charge in [-0.1, -0.05) is 66.8 Å². The van der Waals surface area contributed by atoms with E-state index >= 15 is 0 Å². The Kier molecular flexibility index (Phi) is 14.5. The van der Waals surface area contributed by atoms with Crippen molar-refractivity contribution in [1.29, 1.82) is 0 Å². The molecule has 3 aliphatic rings. The van der Waals surface area contributed by atoms with Crippen LogP contribution in [0.15, 0.2) is 103 Å². The van der Waals surface area contributed by atoms with Crippen molar-refractivity contribution >= 4 is 84.1 Å². The third kappa shape index (κ3) is 11.4. The quantitative estimate of drug-likeness (QED) is 0.0529. The van der Waals surface area contributed by atoms with Crippen LogP contribution in [0.2, 0.25) is 0 Å². The Hall–Kier alpha value is -6.60. The van der Waals surface area contributed by atoms with E-state index in [1.54, 1.807) is 14.2 Å². The third-order valence-electron chi connectivity index (χ3n) is 11.3. The van der Waals surface area contributed by atoms with E-state index in [1.807, 2.05) is 12.1 Å². The van der Waals surface area contributed by atoms with Crippen molar-refractivity contribution in [2.75, 3.05) is 20.8 Å². The molecule has 0 saturated heterocycles. The highest BCUT2D eigenvalue weighted by molar-refractivity contribution is 7.86. The Morgan fingerprint density at radius 3 is 1.68 bits per heavy atom. The highest BCUT2D eigenvalue weighted by Gasteiger charge is 2.37. The second-order valence-corrected chi connectivity index (χ2v) is 18.5. The van der Waals surface area contributed by atoms with E-state index in [2.05, 4.69) is 143 Å². The summed E-state index contributed by atoms with van der Waals surface area (Å²) in [5.74, 6) is 1.76. The van der Waals surface area contributed by atoms with Crippen molar-refractivity contribution in [2.45, 2.75) is 43.1 Å². The summed E-state index contributed by atoms with van der Waals surface area (Å²) in [6, 6.07) is 32.8. The first-order valence-corrected chi connectivity index (χ1v) is 23.7. The molecule has 0 saturated carbocycles. The molecule has 0 fully saturated rings. The summed E-state index contributed by atoms with van der Waals surface area (Å²) in [7, 11) is -8.75. The maximum atomic E-state index is 10.7. The zero-order chi connectivity index (χ0) is 49.0. The van der Waals surface area contributed by atoms with Gasteiger partial charge < -0.3 is 18.6 Å². The number of aryl methyl sites for hydroxylation is 1. The Morgan fingerprint density at radius 2 is 1.13 bits per heavy atom. The Balaban J connectivity index is 0.000000368. The second-order valence-electron chi connectivity index (χ2n) is 15.8. The molecule has 5 aromatic carbocycles. The molecule has 0 spiro atoms. The van der Waals surface area contributed by atoms with Crippen molar-refractivity contribution in [1.82, 2.24) is 0 Å². The van der Waals surface area contributed by atoms with E-state index in [1.165, 1.54) is 82.8 Å². The van der Waals surface area contributed by atoms with E-state index in [9.17, 15) is 26.3 Å². The van der Waals surface area contributed by atoms with Crippen LogP contribution in [0, 0.1) is 16.8 Å². The number of hydrogen-bond donors (Lipinski definition) is 0. The lowest BCUT2D eigenvalue weighted by molar-refractivity contribution is -0.518. The summed E-state index contributed by atoms with van der Waals surface area (Å²) in [5, 5.41) is 8.75. The van der Waals surface area contributed by atoms with Crippen molar-refractivity contribution in [3.8, 4) is 11.5 Å². The lowest BCUT2D eigenvalue weighted by Crippen LogP contribution is -2.27. The number of ether oxygens (including phenoxy) is 2. The Bertz CT molecular complexity index is 3490. The highest BCUT2D eigenvalue weighted by atomic mass is 32.2. The molecule has 9 rings (SSSR count). The first kappa shape index (κ1) is 49.3. The predicted molar refractivity (Wildman–Crippen MR) is 246 cm³/mol. The van der Waals surface area contributed by atoms with Crippen LogP contribution in [0.1, 0.15) is 59.1 Å². The Labute approximate surface area is 387 Å². The number of halogens is 6. The van der Waals surface area contributed by atoms with Gasteiger partial charge in [0.2, 0.25) is 5.35 Å². The number of allylic oxidation sites excluding steroid dienone is 1. The number of nitrogens with zero attached hydrogens (tertiary/aromatic N) is 2. The van der Waals surface area contributed by atoms with Crippen LogP contribution in [-0.4, -0.2) is 68.5 Å². The number of pyridine rings is 1. The molecule has 6 aromatic rings. The van der Waals surface area contributed by atoms with E-state index in [-0.39, 0.29) is 0 Å². The van der Waals surface area contributed by atoms with Gasteiger partial charge >= 0.3 is 11.0 Å². The van der Waals surface area contributed by atoms with E-state index in [4.69, 9.17) is 35.4 Å². The minimum absolute atomic E-state index is 0.879. The summed E-state index contributed by atoms with van der Waals surface area (Å²) in [6.07, 6.45) is 26.1. The molecule has 0 N–H and O–H groups in total. The zero-order valence-electron chi connectivity index (χ0n) is 36.3. The number of rotatable bonds is 6. The molecule has 0 bridgehead atoms. The van der Waals surface area contributed by atoms with Crippen LogP contribution >= 0.6 is 0 Å². The fourth-order valence-electron chi connectivity index (χ4n) is 8.11. The lowest BCUT2D eigenvalue weighted by atomic mass is 9.93. The molecule has 0 atom stereocenters. The van der Waals surface area contributed by atoms with E-state index < -0.39 is 31.3 Å². The maximum absolute atomic E-state index is 10.7. The molecule has 0 radical (unpaired) electrons. The van der Waals surface area contributed by atoms with Gasteiger partial charge in [-0.2, -0.15) is 30.6 Å². The summed E-state index contributed by atoms with van der Waals surface area (Å²) in [5.41, 5.74) is -2.30. The molecular weight excluding hydrogens is 935 g/mol. The van der Waals surface area contributed by atoms with Gasteiger partial charge in [-0.05, 0) is 110 Å². The molecule has 0 unspecified atom stereocenters. The zero-order valence-corrected chi connectivity index (χ0v) is 38.0. The van der Waals surface area contributed by atoms with Gasteiger partial charge in [0, 0.05) is 37.5 Å². The first-order valence-electron chi connectivity index (χ1n) is 20.9. The maximum Gasteiger partial charge on any atom is 0.485 e. The monoisotopic (exact) mass is 976 g/mol. The van der Waals surface area contributed by atoms with Gasteiger partial charge in [0.05, 0.1) is 24.7 Å².